The molecular weight excluding hydrogens is 450 g/mol. The molecule has 0 radical (unpaired) electrons. The number of ether oxygens (including phenoxy) is 2. The van der Waals surface area contributed by atoms with E-state index in [1.165, 1.54) is 23.3 Å². The molecule has 0 bridgehead atoms. The van der Waals surface area contributed by atoms with Gasteiger partial charge in [-0.3, -0.25) is 9.59 Å². The number of likely N-dealkylation sites (tertiary alicyclic amines) is 1. The highest BCUT2D eigenvalue weighted by Crippen LogP contribution is 2.28. The first kappa shape index (κ1) is 26.0. The molecule has 186 valence electrons. The second kappa shape index (κ2) is 12.8. The molecule has 34 heavy (non-hydrogen) atoms. The maximum atomic E-state index is 13.4. The van der Waals surface area contributed by atoms with Gasteiger partial charge in [-0.05, 0) is 74.0 Å². The molecule has 1 aromatic heterocycles. The zero-order chi connectivity index (χ0) is 24.5. The van der Waals surface area contributed by atoms with Crippen molar-refractivity contribution in [2.24, 2.45) is 0 Å². The maximum absolute atomic E-state index is 13.4. The first-order valence-electron chi connectivity index (χ1n) is 11.9. The van der Waals surface area contributed by atoms with Crippen molar-refractivity contribution >= 4 is 23.2 Å². The van der Waals surface area contributed by atoms with Crippen LogP contribution >= 0.6 is 11.3 Å². The zero-order valence-electron chi connectivity index (χ0n) is 20.8. The van der Waals surface area contributed by atoms with Crippen LogP contribution < -0.4 is 9.47 Å². The molecule has 1 aliphatic heterocycles. The Bertz CT molecular complexity index is 955. The third kappa shape index (κ3) is 7.21. The van der Waals surface area contributed by atoms with Crippen molar-refractivity contribution in [3.63, 3.8) is 0 Å². The average Bonchev–Trinajstić information content (AvgIpc) is 3.50. The van der Waals surface area contributed by atoms with E-state index in [9.17, 15) is 9.59 Å². The lowest BCUT2D eigenvalue weighted by atomic mass is 10.1. The summed E-state index contributed by atoms with van der Waals surface area (Å²) >= 11 is 1.66. The normalized spacial score (nSPS) is 13.6. The number of carbonyl (C=O) groups is 2. The number of amides is 2. The molecule has 1 saturated heterocycles. The molecule has 8 heteroatoms. The number of methoxy groups -OCH3 is 2. The van der Waals surface area contributed by atoms with Crippen LogP contribution in [0.15, 0.2) is 29.6 Å². The minimum absolute atomic E-state index is 0.0232. The number of hydrogen-bond donors (Lipinski definition) is 0. The van der Waals surface area contributed by atoms with E-state index >= 15 is 0 Å². The molecule has 1 aliphatic rings. The molecule has 2 amide bonds. The number of hydrogen-bond acceptors (Lipinski definition) is 6. The molecule has 3 rings (SSSR count). The SMILES string of the molecule is COc1ccc(CCN(Cc2sccc2C)C(=O)CN(CCN2CCCC2)C(C)=O)cc1OC. The summed E-state index contributed by atoms with van der Waals surface area (Å²) in [5, 5.41) is 2.06. The van der Waals surface area contributed by atoms with Crippen molar-refractivity contribution < 1.29 is 19.1 Å². The van der Waals surface area contributed by atoms with Crippen molar-refractivity contribution in [2.75, 3.05) is 53.5 Å². The van der Waals surface area contributed by atoms with Crippen molar-refractivity contribution in [3.8, 4) is 11.5 Å². The average molecular weight is 488 g/mol. The first-order valence-corrected chi connectivity index (χ1v) is 12.8. The molecule has 0 atom stereocenters. The van der Waals surface area contributed by atoms with Gasteiger partial charge in [0.2, 0.25) is 11.8 Å². The van der Waals surface area contributed by atoms with Crippen LogP contribution in [0.25, 0.3) is 0 Å². The second-order valence-electron chi connectivity index (χ2n) is 8.77. The Kier molecular flexibility index (Phi) is 9.77. The van der Waals surface area contributed by atoms with E-state index in [0.29, 0.717) is 37.6 Å². The molecule has 7 nitrogen and oxygen atoms in total. The van der Waals surface area contributed by atoms with Crippen molar-refractivity contribution in [1.82, 2.24) is 14.7 Å². The first-order chi connectivity index (χ1) is 16.4. The number of benzene rings is 1. The van der Waals surface area contributed by atoms with Crippen LogP contribution in [0.2, 0.25) is 0 Å². The Balaban J connectivity index is 1.68. The smallest absolute Gasteiger partial charge is 0.242 e. The van der Waals surface area contributed by atoms with Crippen molar-refractivity contribution in [2.45, 2.75) is 39.7 Å². The van der Waals surface area contributed by atoms with E-state index in [2.05, 4.69) is 23.3 Å². The van der Waals surface area contributed by atoms with Gasteiger partial charge >= 0.3 is 0 Å². The van der Waals surface area contributed by atoms with Gasteiger partial charge in [0, 0.05) is 31.4 Å². The van der Waals surface area contributed by atoms with Crippen LogP contribution in [0.1, 0.15) is 35.8 Å². The zero-order valence-corrected chi connectivity index (χ0v) is 21.7. The van der Waals surface area contributed by atoms with Crippen LogP contribution in [0, 0.1) is 6.92 Å². The molecule has 0 aliphatic carbocycles. The molecule has 0 spiro atoms. The van der Waals surface area contributed by atoms with Crippen LogP contribution in [-0.4, -0.2) is 80.0 Å². The highest BCUT2D eigenvalue weighted by Gasteiger charge is 2.22. The van der Waals surface area contributed by atoms with Crippen molar-refractivity contribution in [1.29, 1.82) is 0 Å². The molecular formula is C26H37N3O4S. The fourth-order valence-corrected chi connectivity index (χ4v) is 5.13. The van der Waals surface area contributed by atoms with E-state index in [1.54, 1.807) is 37.4 Å². The Morgan fingerprint density at radius 1 is 1.03 bits per heavy atom. The second-order valence-corrected chi connectivity index (χ2v) is 9.77. The number of nitrogens with zero attached hydrogens (tertiary/aromatic N) is 3. The summed E-state index contributed by atoms with van der Waals surface area (Å²) in [6.45, 7) is 8.40. The minimum atomic E-state index is -0.0558. The molecule has 0 saturated carbocycles. The summed E-state index contributed by atoms with van der Waals surface area (Å²) in [7, 11) is 3.24. The van der Waals surface area contributed by atoms with Crippen molar-refractivity contribution in [3.05, 3.63) is 45.6 Å². The fraction of sp³-hybridized carbons (Fsp3) is 0.538. The Morgan fingerprint density at radius 2 is 1.76 bits per heavy atom. The van der Waals surface area contributed by atoms with E-state index in [0.717, 1.165) is 25.2 Å². The fourth-order valence-electron chi connectivity index (χ4n) is 4.21. The largest absolute Gasteiger partial charge is 0.493 e. The predicted octanol–water partition coefficient (Wildman–Crippen LogP) is 3.59. The lowest BCUT2D eigenvalue weighted by Gasteiger charge is -2.28. The number of carbonyl (C=O) groups excluding carboxylic acids is 2. The molecule has 0 unspecified atom stereocenters. The van der Waals surface area contributed by atoms with E-state index in [1.807, 2.05) is 23.1 Å². The Hall–Kier alpha value is -2.58. The van der Waals surface area contributed by atoms with Crippen LogP contribution in [-0.2, 0) is 22.6 Å². The summed E-state index contributed by atoms with van der Waals surface area (Å²) in [4.78, 5) is 32.8. The predicted molar refractivity (Wildman–Crippen MR) is 136 cm³/mol. The van der Waals surface area contributed by atoms with Gasteiger partial charge in [0.05, 0.1) is 27.3 Å². The monoisotopic (exact) mass is 487 g/mol. The highest BCUT2D eigenvalue weighted by molar-refractivity contribution is 7.10. The maximum Gasteiger partial charge on any atom is 0.242 e. The van der Waals surface area contributed by atoms with E-state index in [4.69, 9.17) is 9.47 Å². The summed E-state index contributed by atoms with van der Waals surface area (Å²) in [5.74, 6) is 1.28. The van der Waals surface area contributed by atoms with Gasteiger partial charge in [-0.2, -0.15) is 0 Å². The minimum Gasteiger partial charge on any atom is -0.493 e. The van der Waals surface area contributed by atoms with Gasteiger partial charge in [0.25, 0.3) is 0 Å². The van der Waals surface area contributed by atoms with Crippen LogP contribution in [0.3, 0.4) is 0 Å². The van der Waals surface area contributed by atoms with Gasteiger partial charge in [-0.15, -0.1) is 11.3 Å². The molecule has 2 aromatic rings. The summed E-state index contributed by atoms with van der Waals surface area (Å²) in [6.07, 6.45) is 3.11. The Labute approximate surface area is 207 Å². The lowest BCUT2D eigenvalue weighted by molar-refractivity contribution is -0.139. The third-order valence-corrected chi connectivity index (χ3v) is 7.44. The van der Waals surface area contributed by atoms with Gasteiger partial charge in [0.15, 0.2) is 11.5 Å². The Morgan fingerprint density at radius 3 is 2.38 bits per heavy atom. The van der Waals surface area contributed by atoms with Gasteiger partial charge in [-0.25, -0.2) is 0 Å². The molecule has 0 N–H and O–H groups in total. The number of rotatable bonds is 12. The van der Waals surface area contributed by atoms with Crippen LogP contribution in [0.5, 0.6) is 11.5 Å². The lowest BCUT2D eigenvalue weighted by Crippen LogP contribution is -2.45. The standard InChI is InChI=1S/C26H37N3O4S/c1-20-10-16-34-25(20)18-29(13-9-22-7-8-23(32-3)24(17-22)33-4)26(31)19-28(21(2)30)15-14-27-11-5-6-12-27/h7-8,10,16-17H,5-6,9,11-15,18-19H2,1-4H3. The van der Waals surface area contributed by atoms with Gasteiger partial charge < -0.3 is 24.2 Å². The van der Waals surface area contributed by atoms with Crippen LogP contribution in [0.4, 0.5) is 0 Å². The molecule has 2 heterocycles. The summed E-state index contributed by atoms with van der Waals surface area (Å²) < 4.78 is 10.8. The number of aryl methyl sites for hydroxylation is 1. The summed E-state index contributed by atoms with van der Waals surface area (Å²) in [6, 6.07) is 7.92. The highest BCUT2D eigenvalue weighted by atomic mass is 32.1. The summed E-state index contributed by atoms with van der Waals surface area (Å²) in [5.41, 5.74) is 2.25. The van der Waals surface area contributed by atoms with Gasteiger partial charge in [-0.1, -0.05) is 6.07 Å². The van der Waals surface area contributed by atoms with E-state index < -0.39 is 0 Å². The van der Waals surface area contributed by atoms with E-state index in [-0.39, 0.29) is 18.4 Å². The molecule has 1 fully saturated rings. The third-order valence-electron chi connectivity index (χ3n) is 6.43. The topological polar surface area (TPSA) is 62.3 Å². The quantitative estimate of drug-likeness (QED) is 0.458. The number of thiophene rings is 1. The van der Waals surface area contributed by atoms with Gasteiger partial charge in [0.1, 0.15) is 0 Å². The molecule has 1 aromatic carbocycles.